The topological polar surface area (TPSA) is 33.4 Å². The molecule has 0 aliphatic rings. The number of rotatable bonds is 2. The number of fused-ring (bicyclic) bond motifs is 1. The van der Waals surface area contributed by atoms with Crippen LogP contribution in [0.15, 0.2) is 52.9 Å². The third-order valence-electron chi connectivity index (χ3n) is 2.97. The van der Waals surface area contributed by atoms with Crippen molar-refractivity contribution in [2.24, 2.45) is 0 Å². The predicted octanol–water partition coefficient (Wildman–Crippen LogP) is 4.26. The first-order chi connectivity index (χ1) is 9.15. The molecule has 0 spiro atoms. The SMILES string of the molecule is OC(c1cc2cc(F)ccc2o1)c1ccccc1I. The fourth-order valence-electron chi connectivity index (χ4n) is 2.02. The van der Waals surface area contributed by atoms with E-state index in [0.29, 0.717) is 16.7 Å². The van der Waals surface area contributed by atoms with Gasteiger partial charge in [0.05, 0.1) is 0 Å². The molecule has 0 saturated heterocycles. The third-order valence-corrected chi connectivity index (χ3v) is 3.95. The Labute approximate surface area is 123 Å². The molecule has 4 heteroatoms. The van der Waals surface area contributed by atoms with Crippen molar-refractivity contribution in [2.45, 2.75) is 6.10 Å². The van der Waals surface area contributed by atoms with E-state index in [2.05, 4.69) is 22.6 Å². The van der Waals surface area contributed by atoms with Crippen molar-refractivity contribution in [3.63, 3.8) is 0 Å². The van der Waals surface area contributed by atoms with Crippen LogP contribution in [-0.4, -0.2) is 5.11 Å². The first kappa shape index (κ1) is 12.6. The summed E-state index contributed by atoms with van der Waals surface area (Å²) in [4.78, 5) is 0. The zero-order chi connectivity index (χ0) is 13.4. The van der Waals surface area contributed by atoms with Crippen molar-refractivity contribution in [3.05, 3.63) is 69.2 Å². The Kier molecular flexibility index (Phi) is 3.28. The molecule has 1 N–H and O–H groups in total. The summed E-state index contributed by atoms with van der Waals surface area (Å²) in [5.74, 6) is 0.105. The van der Waals surface area contributed by atoms with Gasteiger partial charge in [0.1, 0.15) is 23.3 Å². The van der Waals surface area contributed by atoms with Crippen molar-refractivity contribution in [3.8, 4) is 0 Å². The summed E-state index contributed by atoms with van der Waals surface area (Å²) < 4.78 is 19.7. The van der Waals surface area contributed by atoms with Gasteiger partial charge in [-0.3, -0.25) is 0 Å². The molecule has 3 rings (SSSR count). The molecule has 0 amide bonds. The van der Waals surface area contributed by atoms with Gasteiger partial charge in [-0.05, 0) is 52.9 Å². The summed E-state index contributed by atoms with van der Waals surface area (Å²) in [6.45, 7) is 0. The van der Waals surface area contributed by atoms with E-state index in [0.717, 1.165) is 9.13 Å². The van der Waals surface area contributed by atoms with E-state index in [1.54, 1.807) is 12.1 Å². The number of aliphatic hydroxyl groups is 1. The van der Waals surface area contributed by atoms with Crippen LogP contribution in [0.25, 0.3) is 11.0 Å². The van der Waals surface area contributed by atoms with E-state index in [4.69, 9.17) is 4.42 Å². The van der Waals surface area contributed by atoms with E-state index >= 15 is 0 Å². The van der Waals surface area contributed by atoms with Gasteiger partial charge in [-0.15, -0.1) is 0 Å². The lowest BCUT2D eigenvalue weighted by Gasteiger charge is -2.09. The van der Waals surface area contributed by atoms with Gasteiger partial charge in [-0.2, -0.15) is 0 Å². The lowest BCUT2D eigenvalue weighted by atomic mass is 10.1. The summed E-state index contributed by atoms with van der Waals surface area (Å²) in [5, 5.41) is 11.0. The number of hydrogen-bond acceptors (Lipinski definition) is 2. The second-order valence-corrected chi connectivity index (χ2v) is 5.42. The molecule has 0 radical (unpaired) electrons. The molecule has 19 heavy (non-hydrogen) atoms. The number of furan rings is 1. The summed E-state index contributed by atoms with van der Waals surface area (Å²) in [6.07, 6.45) is -0.844. The van der Waals surface area contributed by atoms with Crippen molar-refractivity contribution < 1.29 is 13.9 Å². The summed E-state index contributed by atoms with van der Waals surface area (Å²) >= 11 is 2.16. The average molecular weight is 368 g/mol. The molecule has 1 heterocycles. The fraction of sp³-hybridized carbons (Fsp3) is 0.0667. The molecule has 0 saturated carbocycles. The van der Waals surface area contributed by atoms with Crippen LogP contribution in [0.2, 0.25) is 0 Å². The maximum atomic E-state index is 13.1. The van der Waals surface area contributed by atoms with Crippen LogP contribution in [0, 0.1) is 9.39 Å². The van der Waals surface area contributed by atoms with Crippen LogP contribution in [0.4, 0.5) is 4.39 Å². The minimum Gasteiger partial charge on any atom is -0.458 e. The monoisotopic (exact) mass is 368 g/mol. The fourth-order valence-corrected chi connectivity index (χ4v) is 2.70. The van der Waals surface area contributed by atoms with Crippen molar-refractivity contribution in [1.82, 2.24) is 0 Å². The Bertz CT molecular complexity index is 736. The molecule has 0 bridgehead atoms. The van der Waals surface area contributed by atoms with Gasteiger partial charge in [0.2, 0.25) is 0 Å². The zero-order valence-corrected chi connectivity index (χ0v) is 12.0. The number of hydrogen-bond donors (Lipinski definition) is 1. The molecular formula is C15H10FIO2. The second-order valence-electron chi connectivity index (χ2n) is 4.25. The Morgan fingerprint density at radius 2 is 1.89 bits per heavy atom. The molecule has 2 aromatic carbocycles. The third kappa shape index (κ3) is 2.37. The van der Waals surface area contributed by atoms with Crippen LogP contribution < -0.4 is 0 Å². The summed E-state index contributed by atoms with van der Waals surface area (Å²) in [7, 11) is 0. The Balaban J connectivity index is 2.07. The highest BCUT2D eigenvalue weighted by Gasteiger charge is 2.17. The molecule has 96 valence electrons. The van der Waals surface area contributed by atoms with E-state index in [9.17, 15) is 9.50 Å². The molecule has 1 unspecified atom stereocenters. The Morgan fingerprint density at radius 3 is 2.68 bits per heavy atom. The van der Waals surface area contributed by atoms with Crippen molar-refractivity contribution in [2.75, 3.05) is 0 Å². The van der Waals surface area contributed by atoms with Gasteiger partial charge in [0, 0.05) is 14.5 Å². The highest BCUT2D eigenvalue weighted by atomic mass is 127. The number of halogens is 2. The van der Waals surface area contributed by atoms with E-state index in [1.807, 2.05) is 24.3 Å². The maximum Gasteiger partial charge on any atom is 0.138 e. The van der Waals surface area contributed by atoms with Gasteiger partial charge in [-0.1, -0.05) is 18.2 Å². The van der Waals surface area contributed by atoms with Crippen molar-refractivity contribution in [1.29, 1.82) is 0 Å². The maximum absolute atomic E-state index is 13.1. The second kappa shape index (κ2) is 4.94. The smallest absolute Gasteiger partial charge is 0.138 e. The molecule has 0 aliphatic carbocycles. The number of benzene rings is 2. The Morgan fingerprint density at radius 1 is 1.11 bits per heavy atom. The quantitative estimate of drug-likeness (QED) is 0.686. The molecule has 2 nitrogen and oxygen atoms in total. The summed E-state index contributed by atoms with van der Waals surface area (Å²) in [5.41, 5.74) is 1.35. The van der Waals surface area contributed by atoms with E-state index in [1.165, 1.54) is 12.1 Å². The lowest BCUT2D eigenvalue weighted by Crippen LogP contribution is -2.00. The van der Waals surface area contributed by atoms with Crippen LogP contribution in [-0.2, 0) is 0 Å². The van der Waals surface area contributed by atoms with Crippen molar-refractivity contribution >= 4 is 33.6 Å². The molecule has 1 aromatic heterocycles. The van der Waals surface area contributed by atoms with Gasteiger partial charge in [-0.25, -0.2) is 4.39 Å². The van der Waals surface area contributed by atoms with Crippen LogP contribution in [0.1, 0.15) is 17.4 Å². The minimum atomic E-state index is -0.844. The first-order valence-corrected chi connectivity index (χ1v) is 6.84. The van der Waals surface area contributed by atoms with Crippen LogP contribution in [0.3, 0.4) is 0 Å². The van der Waals surface area contributed by atoms with Gasteiger partial charge >= 0.3 is 0 Å². The standard InChI is InChI=1S/C15H10FIO2/c16-10-5-6-13-9(7-10)8-14(19-13)15(18)11-3-1-2-4-12(11)17/h1-8,15,18H. The van der Waals surface area contributed by atoms with Crippen LogP contribution >= 0.6 is 22.6 Å². The number of aliphatic hydroxyl groups excluding tert-OH is 1. The van der Waals surface area contributed by atoms with E-state index in [-0.39, 0.29) is 5.82 Å². The highest BCUT2D eigenvalue weighted by molar-refractivity contribution is 14.1. The molecule has 1 atom stereocenters. The minimum absolute atomic E-state index is 0.316. The van der Waals surface area contributed by atoms with Crippen LogP contribution in [0.5, 0.6) is 0 Å². The molecule has 0 fully saturated rings. The Hall–Kier alpha value is -1.40. The summed E-state index contributed by atoms with van der Waals surface area (Å²) in [6, 6.07) is 13.5. The highest BCUT2D eigenvalue weighted by Crippen LogP contribution is 2.30. The molecule has 3 aromatic rings. The molecular weight excluding hydrogens is 358 g/mol. The van der Waals surface area contributed by atoms with Gasteiger partial charge < -0.3 is 9.52 Å². The van der Waals surface area contributed by atoms with E-state index < -0.39 is 6.10 Å². The average Bonchev–Trinajstić information content (AvgIpc) is 2.81. The largest absolute Gasteiger partial charge is 0.458 e. The van der Waals surface area contributed by atoms with Gasteiger partial charge in [0.25, 0.3) is 0 Å². The zero-order valence-electron chi connectivity index (χ0n) is 9.81. The molecule has 0 aliphatic heterocycles. The predicted molar refractivity (Wildman–Crippen MR) is 79.4 cm³/mol. The first-order valence-electron chi connectivity index (χ1n) is 5.76. The normalized spacial score (nSPS) is 12.8. The lowest BCUT2D eigenvalue weighted by molar-refractivity contribution is 0.191. The van der Waals surface area contributed by atoms with Gasteiger partial charge in [0.15, 0.2) is 0 Å².